The monoisotopic (exact) mass is 430 g/mol. The number of hydrogen-bond acceptors (Lipinski definition) is 4. The van der Waals surface area contributed by atoms with Crippen molar-refractivity contribution in [1.82, 2.24) is 10.2 Å². The average Bonchev–Trinajstić information content (AvgIpc) is 2.77. The molecular formula is C24H31FN2O4. The zero-order valence-electron chi connectivity index (χ0n) is 18.6. The van der Waals surface area contributed by atoms with Crippen LogP contribution in [0.3, 0.4) is 0 Å². The highest BCUT2D eigenvalue weighted by Gasteiger charge is 2.25. The predicted molar refractivity (Wildman–Crippen MR) is 118 cm³/mol. The van der Waals surface area contributed by atoms with Gasteiger partial charge in [-0.1, -0.05) is 18.2 Å². The molecule has 0 saturated carbocycles. The molecule has 0 aromatic heterocycles. The highest BCUT2D eigenvalue weighted by Crippen LogP contribution is 2.29. The van der Waals surface area contributed by atoms with Crippen molar-refractivity contribution in [2.45, 2.75) is 46.2 Å². The first kappa shape index (κ1) is 24.2. The fourth-order valence-corrected chi connectivity index (χ4v) is 3.22. The largest absolute Gasteiger partial charge is 0.490 e. The van der Waals surface area contributed by atoms with Crippen LogP contribution in [0, 0.1) is 5.82 Å². The van der Waals surface area contributed by atoms with E-state index in [9.17, 15) is 14.0 Å². The highest BCUT2D eigenvalue weighted by atomic mass is 19.1. The van der Waals surface area contributed by atoms with Crippen LogP contribution < -0.4 is 14.8 Å². The summed E-state index contributed by atoms with van der Waals surface area (Å²) in [7, 11) is 1.54. The maximum absolute atomic E-state index is 13.2. The Labute approximate surface area is 183 Å². The van der Waals surface area contributed by atoms with Gasteiger partial charge in [0.1, 0.15) is 11.9 Å². The van der Waals surface area contributed by atoms with Gasteiger partial charge in [-0.2, -0.15) is 0 Å². The Morgan fingerprint density at radius 1 is 1.00 bits per heavy atom. The summed E-state index contributed by atoms with van der Waals surface area (Å²) in [4.78, 5) is 26.8. The number of carbonyl (C=O) groups is 2. The summed E-state index contributed by atoms with van der Waals surface area (Å²) in [6, 6.07) is 10.9. The molecule has 1 atom stereocenters. The SMILES string of the molecule is CCOc1ccc(CCC(=O)N(Cc2ccc(F)cc2)[C@@H](C)C(=O)NC)cc1OCC. The van der Waals surface area contributed by atoms with E-state index in [1.54, 1.807) is 19.1 Å². The molecule has 2 amide bonds. The van der Waals surface area contributed by atoms with Crippen LogP contribution in [0.1, 0.15) is 38.3 Å². The van der Waals surface area contributed by atoms with Crippen molar-refractivity contribution in [2.75, 3.05) is 20.3 Å². The second-order valence-corrected chi connectivity index (χ2v) is 7.09. The maximum atomic E-state index is 13.2. The lowest BCUT2D eigenvalue weighted by molar-refractivity contribution is -0.140. The number of hydrogen-bond donors (Lipinski definition) is 1. The molecule has 6 nitrogen and oxygen atoms in total. The van der Waals surface area contributed by atoms with E-state index < -0.39 is 6.04 Å². The number of benzene rings is 2. The molecule has 0 saturated heterocycles. The van der Waals surface area contributed by atoms with E-state index in [0.29, 0.717) is 31.1 Å². The number of nitrogens with zero attached hydrogens (tertiary/aromatic N) is 1. The molecule has 2 aromatic carbocycles. The topological polar surface area (TPSA) is 67.9 Å². The molecule has 0 aliphatic rings. The Bertz CT molecular complexity index is 870. The normalized spacial score (nSPS) is 11.5. The van der Waals surface area contributed by atoms with Crippen molar-refractivity contribution in [3.05, 3.63) is 59.4 Å². The maximum Gasteiger partial charge on any atom is 0.242 e. The molecule has 168 valence electrons. The van der Waals surface area contributed by atoms with Gasteiger partial charge in [0.05, 0.1) is 13.2 Å². The molecule has 31 heavy (non-hydrogen) atoms. The summed E-state index contributed by atoms with van der Waals surface area (Å²) < 4.78 is 24.5. The Hall–Kier alpha value is -3.09. The first-order valence-corrected chi connectivity index (χ1v) is 10.5. The van der Waals surface area contributed by atoms with E-state index >= 15 is 0 Å². The average molecular weight is 431 g/mol. The Kier molecular flexibility index (Phi) is 9.31. The molecule has 7 heteroatoms. The molecule has 0 fully saturated rings. The van der Waals surface area contributed by atoms with Crippen LogP contribution in [0.15, 0.2) is 42.5 Å². The van der Waals surface area contributed by atoms with Crippen LogP contribution in [-0.2, 0) is 22.6 Å². The fraction of sp³-hybridized carbons (Fsp3) is 0.417. The summed E-state index contributed by atoms with van der Waals surface area (Å²) in [5.41, 5.74) is 1.69. The fourth-order valence-electron chi connectivity index (χ4n) is 3.22. The minimum absolute atomic E-state index is 0.160. The van der Waals surface area contributed by atoms with Gasteiger partial charge < -0.3 is 19.7 Å². The predicted octanol–water partition coefficient (Wildman–Crippen LogP) is 3.72. The molecular weight excluding hydrogens is 399 g/mol. The minimum Gasteiger partial charge on any atom is -0.490 e. The lowest BCUT2D eigenvalue weighted by Crippen LogP contribution is -2.46. The first-order valence-electron chi connectivity index (χ1n) is 10.5. The van der Waals surface area contributed by atoms with E-state index in [4.69, 9.17) is 9.47 Å². The van der Waals surface area contributed by atoms with Gasteiger partial charge >= 0.3 is 0 Å². The van der Waals surface area contributed by atoms with Crippen molar-refractivity contribution >= 4 is 11.8 Å². The van der Waals surface area contributed by atoms with Gasteiger partial charge in [0.2, 0.25) is 11.8 Å². The van der Waals surface area contributed by atoms with E-state index in [1.807, 2.05) is 32.0 Å². The molecule has 0 radical (unpaired) electrons. The lowest BCUT2D eigenvalue weighted by atomic mass is 10.1. The second-order valence-electron chi connectivity index (χ2n) is 7.09. The summed E-state index contributed by atoms with van der Waals surface area (Å²) in [6.45, 7) is 6.77. The zero-order valence-corrected chi connectivity index (χ0v) is 18.6. The van der Waals surface area contributed by atoms with Gasteiger partial charge in [-0.15, -0.1) is 0 Å². The van der Waals surface area contributed by atoms with Crippen LogP contribution in [0.4, 0.5) is 4.39 Å². The quantitative estimate of drug-likeness (QED) is 0.590. The van der Waals surface area contributed by atoms with Crippen molar-refractivity contribution < 1.29 is 23.5 Å². The minimum atomic E-state index is -0.651. The van der Waals surface area contributed by atoms with Crippen LogP contribution in [0.25, 0.3) is 0 Å². The molecule has 0 unspecified atom stereocenters. The molecule has 0 aliphatic heterocycles. The zero-order chi connectivity index (χ0) is 22.8. The van der Waals surface area contributed by atoms with Crippen molar-refractivity contribution in [3.8, 4) is 11.5 Å². The molecule has 0 aliphatic carbocycles. The smallest absolute Gasteiger partial charge is 0.242 e. The standard InChI is InChI=1S/C24H31FN2O4/c1-5-30-21-13-9-18(15-22(21)31-6-2)10-14-23(28)27(17(3)24(29)26-4)16-19-7-11-20(25)12-8-19/h7-9,11-13,15,17H,5-6,10,14,16H2,1-4H3,(H,26,29)/t17-/m0/s1. The summed E-state index contributed by atoms with van der Waals surface area (Å²) in [5.74, 6) is 0.561. The van der Waals surface area contributed by atoms with Gasteiger partial charge in [0.15, 0.2) is 11.5 Å². The van der Waals surface area contributed by atoms with Gasteiger partial charge in [0.25, 0.3) is 0 Å². The number of likely N-dealkylation sites (N-methyl/N-ethyl adjacent to an activating group) is 1. The van der Waals surface area contributed by atoms with E-state index in [2.05, 4.69) is 5.32 Å². The third kappa shape index (κ3) is 6.98. The molecule has 0 bridgehead atoms. The number of amides is 2. The van der Waals surface area contributed by atoms with Crippen LogP contribution in [0.2, 0.25) is 0 Å². The third-order valence-corrected chi connectivity index (χ3v) is 4.92. The van der Waals surface area contributed by atoms with E-state index in [1.165, 1.54) is 24.1 Å². The van der Waals surface area contributed by atoms with Crippen LogP contribution >= 0.6 is 0 Å². The van der Waals surface area contributed by atoms with E-state index in [0.717, 1.165) is 11.1 Å². The Morgan fingerprint density at radius 3 is 2.23 bits per heavy atom. The number of aryl methyl sites for hydroxylation is 1. The van der Waals surface area contributed by atoms with Gasteiger partial charge in [0, 0.05) is 20.0 Å². The van der Waals surface area contributed by atoms with E-state index in [-0.39, 0.29) is 30.6 Å². The van der Waals surface area contributed by atoms with Crippen LogP contribution in [0.5, 0.6) is 11.5 Å². The lowest BCUT2D eigenvalue weighted by Gasteiger charge is -2.28. The number of ether oxygens (including phenoxy) is 2. The summed E-state index contributed by atoms with van der Waals surface area (Å²) in [5, 5.41) is 2.59. The van der Waals surface area contributed by atoms with Crippen molar-refractivity contribution in [2.24, 2.45) is 0 Å². The number of rotatable bonds is 11. The number of carbonyl (C=O) groups excluding carboxylic acids is 2. The van der Waals surface area contributed by atoms with Gasteiger partial charge in [-0.25, -0.2) is 4.39 Å². The number of halogens is 1. The van der Waals surface area contributed by atoms with Crippen molar-refractivity contribution in [1.29, 1.82) is 0 Å². The first-order chi connectivity index (χ1) is 14.9. The van der Waals surface area contributed by atoms with Crippen molar-refractivity contribution in [3.63, 3.8) is 0 Å². The third-order valence-electron chi connectivity index (χ3n) is 4.92. The number of nitrogens with one attached hydrogen (secondary N) is 1. The molecule has 2 aromatic rings. The molecule has 0 heterocycles. The molecule has 0 spiro atoms. The van der Waals surface area contributed by atoms with Gasteiger partial charge in [-0.3, -0.25) is 9.59 Å². The summed E-state index contributed by atoms with van der Waals surface area (Å²) >= 11 is 0. The van der Waals surface area contributed by atoms with Crippen LogP contribution in [-0.4, -0.2) is 43.0 Å². The Morgan fingerprint density at radius 2 is 1.61 bits per heavy atom. The molecule has 1 N–H and O–H groups in total. The summed E-state index contributed by atoms with van der Waals surface area (Å²) in [6.07, 6.45) is 0.716. The van der Waals surface area contributed by atoms with Gasteiger partial charge in [-0.05, 0) is 62.6 Å². The second kappa shape index (κ2) is 11.9. The Balaban J connectivity index is 2.14. The molecule has 2 rings (SSSR count). The highest BCUT2D eigenvalue weighted by molar-refractivity contribution is 5.87.